The molecule has 4 aliphatic rings. The molecule has 0 unspecified atom stereocenters. The number of ether oxygens (including phenoxy) is 1. The van der Waals surface area contributed by atoms with Crippen LogP contribution in [0.3, 0.4) is 0 Å². The lowest BCUT2D eigenvalue weighted by molar-refractivity contribution is -0.128. The second kappa shape index (κ2) is 8.35. The molecule has 0 aliphatic heterocycles. The number of carbonyl (C=O) groups is 1. The summed E-state index contributed by atoms with van der Waals surface area (Å²) in [5.74, 6) is 2.80. The minimum absolute atomic E-state index is 0.0217. The average molecular weight is 469 g/mol. The van der Waals surface area contributed by atoms with Gasteiger partial charge in [0.2, 0.25) is 0 Å². The van der Waals surface area contributed by atoms with Crippen LogP contribution in [-0.2, 0) is 14.8 Å². The van der Waals surface area contributed by atoms with E-state index in [2.05, 4.69) is 5.32 Å². The third kappa shape index (κ3) is 4.47. The van der Waals surface area contributed by atoms with Crippen LogP contribution in [0.2, 0.25) is 0 Å². The second-order valence-corrected chi connectivity index (χ2v) is 12.3. The van der Waals surface area contributed by atoms with Gasteiger partial charge in [-0.05, 0) is 99.6 Å². The molecule has 0 spiro atoms. The van der Waals surface area contributed by atoms with Crippen LogP contribution in [0.25, 0.3) is 0 Å². The number of amides is 1. The maximum absolute atomic E-state index is 12.9. The van der Waals surface area contributed by atoms with E-state index in [-0.39, 0.29) is 22.9 Å². The first-order valence-corrected chi connectivity index (χ1v) is 13.3. The van der Waals surface area contributed by atoms with Crippen LogP contribution in [0.4, 0.5) is 5.69 Å². The Morgan fingerprint density at radius 3 is 2.06 bits per heavy atom. The zero-order valence-corrected chi connectivity index (χ0v) is 20.1. The lowest BCUT2D eigenvalue weighted by Crippen LogP contribution is -2.60. The van der Waals surface area contributed by atoms with E-state index in [1.54, 1.807) is 48.5 Å². The molecule has 176 valence electrons. The average Bonchev–Trinajstić information content (AvgIpc) is 2.76. The maximum Gasteiger partial charge on any atom is 0.264 e. The van der Waals surface area contributed by atoms with Crippen LogP contribution in [0, 0.1) is 24.7 Å². The number of nitrogens with zero attached hydrogens (tertiary/aromatic N) is 1. The van der Waals surface area contributed by atoms with Crippen molar-refractivity contribution in [3.05, 3.63) is 54.1 Å². The van der Waals surface area contributed by atoms with Gasteiger partial charge in [-0.1, -0.05) is 17.7 Å². The normalized spacial score (nSPS) is 27.9. The Hall–Kier alpha value is -2.54. The Labute approximate surface area is 196 Å². The molecule has 4 fully saturated rings. The second-order valence-electron chi connectivity index (χ2n) is 10.3. The first-order valence-electron chi connectivity index (χ1n) is 11.8. The number of anilines is 1. The minimum atomic E-state index is -3.65. The predicted molar refractivity (Wildman–Crippen MR) is 128 cm³/mol. The molecule has 4 aliphatic carbocycles. The summed E-state index contributed by atoms with van der Waals surface area (Å²) in [4.78, 5) is 12.9. The van der Waals surface area contributed by atoms with E-state index in [1.165, 1.54) is 30.6 Å². The topological polar surface area (TPSA) is 75.7 Å². The van der Waals surface area contributed by atoms with Gasteiger partial charge in [0.05, 0.1) is 10.6 Å². The summed E-state index contributed by atoms with van der Waals surface area (Å²) in [7, 11) is -2.11. The van der Waals surface area contributed by atoms with Crippen molar-refractivity contribution in [3.8, 4) is 5.75 Å². The maximum atomic E-state index is 12.9. The van der Waals surface area contributed by atoms with E-state index in [9.17, 15) is 13.2 Å². The van der Waals surface area contributed by atoms with Crippen LogP contribution in [0.15, 0.2) is 53.4 Å². The molecule has 6 rings (SSSR count). The van der Waals surface area contributed by atoms with E-state index < -0.39 is 10.0 Å². The van der Waals surface area contributed by atoms with Gasteiger partial charge >= 0.3 is 0 Å². The molecule has 2 aromatic rings. The summed E-state index contributed by atoms with van der Waals surface area (Å²) in [6.07, 6.45) is 7.35. The number of benzene rings is 2. The molecule has 1 amide bonds. The molecule has 2 aromatic carbocycles. The molecule has 0 radical (unpaired) electrons. The van der Waals surface area contributed by atoms with E-state index in [4.69, 9.17) is 4.74 Å². The highest BCUT2D eigenvalue weighted by Crippen LogP contribution is 2.55. The Balaban J connectivity index is 1.18. The molecule has 7 heteroatoms. The van der Waals surface area contributed by atoms with Crippen LogP contribution in [0.5, 0.6) is 5.75 Å². The van der Waals surface area contributed by atoms with E-state index >= 15 is 0 Å². The number of aryl methyl sites for hydroxylation is 1. The Morgan fingerprint density at radius 2 is 1.52 bits per heavy atom. The minimum Gasteiger partial charge on any atom is -0.484 e. The van der Waals surface area contributed by atoms with Crippen molar-refractivity contribution in [1.29, 1.82) is 0 Å². The fraction of sp³-hybridized carbons (Fsp3) is 0.500. The van der Waals surface area contributed by atoms with Gasteiger partial charge in [0.1, 0.15) is 5.75 Å². The van der Waals surface area contributed by atoms with Gasteiger partial charge in [-0.3, -0.25) is 9.10 Å². The lowest BCUT2D eigenvalue weighted by atomic mass is 9.53. The number of hydrogen-bond acceptors (Lipinski definition) is 4. The predicted octanol–water partition coefficient (Wildman–Crippen LogP) is 4.28. The summed E-state index contributed by atoms with van der Waals surface area (Å²) in [6, 6.07) is 13.6. The molecule has 4 bridgehead atoms. The molecule has 6 nitrogen and oxygen atoms in total. The zero-order chi connectivity index (χ0) is 23.2. The number of rotatable bonds is 7. The van der Waals surface area contributed by atoms with Crippen molar-refractivity contribution in [1.82, 2.24) is 5.32 Å². The largest absolute Gasteiger partial charge is 0.484 e. The van der Waals surface area contributed by atoms with Crippen molar-refractivity contribution in [3.63, 3.8) is 0 Å². The van der Waals surface area contributed by atoms with Gasteiger partial charge in [0.25, 0.3) is 15.9 Å². The third-order valence-electron chi connectivity index (χ3n) is 7.69. The van der Waals surface area contributed by atoms with Crippen LogP contribution in [0.1, 0.15) is 44.1 Å². The van der Waals surface area contributed by atoms with Crippen molar-refractivity contribution in [2.45, 2.75) is 55.9 Å². The van der Waals surface area contributed by atoms with E-state index in [0.29, 0.717) is 11.4 Å². The van der Waals surface area contributed by atoms with Gasteiger partial charge in [-0.25, -0.2) is 8.42 Å². The monoisotopic (exact) mass is 468 g/mol. The fourth-order valence-corrected chi connectivity index (χ4v) is 7.70. The fourth-order valence-electron chi connectivity index (χ4n) is 6.50. The molecule has 0 heterocycles. The van der Waals surface area contributed by atoms with E-state index in [1.807, 2.05) is 6.92 Å². The summed E-state index contributed by atoms with van der Waals surface area (Å²) >= 11 is 0. The highest BCUT2D eigenvalue weighted by molar-refractivity contribution is 7.92. The van der Waals surface area contributed by atoms with Gasteiger partial charge in [0.15, 0.2) is 6.61 Å². The van der Waals surface area contributed by atoms with E-state index in [0.717, 1.165) is 42.6 Å². The third-order valence-corrected chi connectivity index (χ3v) is 9.49. The van der Waals surface area contributed by atoms with Gasteiger partial charge in [-0.15, -0.1) is 0 Å². The Bertz CT molecular complexity index is 1090. The van der Waals surface area contributed by atoms with Gasteiger partial charge in [-0.2, -0.15) is 0 Å². The summed E-state index contributed by atoms with van der Waals surface area (Å²) < 4.78 is 32.7. The quantitative estimate of drug-likeness (QED) is 0.658. The van der Waals surface area contributed by atoms with Crippen LogP contribution in [-0.4, -0.2) is 33.5 Å². The smallest absolute Gasteiger partial charge is 0.264 e. The summed E-state index contributed by atoms with van der Waals surface area (Å²) in [6.45, 7) is 1.89. The highest BCUT2D eigenvalue weighted by atomic mass is 32.2. The molecule has 33 heavy (non-hydrogen) atoms. The molecular formula is C26H32N2O4S. The standard InChI is InChI=1S/C26H32N2O4S/c1-18-3-9-24(10-4-18)33(30,31)28(2)22-5-7-23(8-6-22)32-17-25(29)27-26-14-19-11-20(15-26)13-21(12-19)16-26/h3-10,19-21H,11-17H2,1-2H3,(H,27,29). The summed E-state index contributed by atoms with van der Waals surface area (Å²) in [5.41, 5.74) is 1.51. The summed E-state index contributed by atoms with van der Waals surface area (Å²) in [5, 5.41) is 3.31. The first-order chi connectivity index (χ1) is 15.7. The van der Waals surface area contributed by atoms with Crippen molar-refractivity contribution in [2.24, 2.45) is 17.8 Å². The first kappa shape index (κ1) is 22.3. The number of carbonyl (C=O) groups excluding carboxylic acids is 1. The molecule has 0 saturated heterocycles. The molecule has 4 saturated carbocycles. The van der Waals surface area contributed by atoms with Crippen molar-refractivity contribution < 1.29 is 17.9 Å². The molecular weight excluding hydrogens is 436 g/mol. The number of sulfonamides is 1. The highest BCUT2D eigenvalue weighted by Gasteiger charge is 2.51. The molecule has 1 N–H and O–H groups in total. The Kier molecular flexibility index (Phi) is 5.63. The van der Waals surface area contributed by atoms with Gasteiger partial charge in [0, 0.05) is 12.6 Å². The SMILES string of the molecule is Cc1ccc(S(=O)(=O)N(C)c2ccc(OCC(=O)NC34CC5CC(CC(C5)C3)C4)cc2)cc1. The number of hydrogen-bond donors (Lipinski definition) is 1. The van der Waals surface area contributed by atoms with Gasteiger partial charge < -0.3 is 10.1 Å². The zero-order valence-electron chi connectivity index (χ0n) is 19.3. The molecule has 0 atom stereocenters. The van der Waals surface area contributed by atoms with Crippen molar-refractivity contribution in [2.75, 3.05) is 18.0 Å². The van der Waals surface area contributed by atoms with Crippen molar-refractivity contribution >= 4 is 21.6 Å². The van der Waals surface area contributed by atoms with Crippen LogP contribution < -0.4 is 14.4 Å². The lowest BCUT2D eigenvalue weighted by Gasteiger charge is -2.56. The number of nitrogens with one attached hydrogen (secondary N) is 1. The Morgan fingerprint density at radius 1 is 0.970 bits per heavy atom. The molecule has 0 aromatic heterocycles. The van der Waals surface area contributed by atoms with Crippen LogP contribution >= 0.6 is 0 Å².